The Morgan fingerprint density at radius 2 is 1.87 bits per heavy atom. The van der Waals surface area contributed by atoms with Gasteiger partial charge in [-0.2, -0.15) is 10.2 Å². The summed E-state index contributed by atoms with van der Waals surface area (Å²) in [5.41, 5.74) is 4.19. The molecule has 0 aliphatic heterocycles. The Morgan fingerprint density at radius 1 is 1.20 bits per heavy atom. The number of benzene rings is 2. The maximum Gasteiger partial charge on any atom is 0.292 e. The lowest BCUT2D eigenvalue weighted by molar-refractivity contribution is 0.0949. The highest BCUT2D eigenvalue weighted by atomic mass is 16.3. The zero-order valence-electron chi connectivity index (χ0n) is 17.2. The van der Waals surface area contributed by atoms with E-state index < -0.39 is 5.91 Å². The summed E-state index contributed by atoms with van der Waals surface area (Å²) in [4.78, 5) is 27.2. The van der Waals surface area contributed by atoms with Crippen molar-refractivity contribution < 1.29 is 9.90 Å². The number of aliphatic hydroxyl groups excluding tert-OH is 1. The van der Waals surface area contributed by atoms with Gasteiger partial charge in [-0.15, -0.1) is 0 Å². The topological polar surface area (TPSA) is 99.8 Å². The van der Waals surface area contributed by atoms with Crippen LogP contribution in [0.4, 0.5) is 5.69 Å². The molecule has 0 bridgehead atoms. The molecule has 1 aromatic heterocycles. The second-order valence-electron chi connectivity index (χ2n) is 7.17. The zero-order chi connectivity index (χ0) is 21.7. The lowest BCUT2D eigenvalue weighted by Gasteiger charge is -2.17. The molecule has 1 amide bonds. The Bertz CT molecular complexity index is 1120. The second-order valence-corrected chi connectivity index (χ2v) is 7.17. The SMILES string of the molecule is CC(C)n1nc(C(=O)N/N=C\c2ccc(N(C)CCO)cc2)c2ccccc2c1=O. The number of aromatic nitrogens is 2. The van der Waals surface area contributed by atoms with Gasteiger partial charge in [-0.05, 0) is 37.6 Å². The number of amides is 1. The molecule has 0 saturated heterocycles. The Hall–Kier alpha value is -3.52. The van der Waals surface area contributed by atoms with Gasteiger partial charge in [-0.25, -0.2) is 10.1 Å². The number of hydrogen-bond acceptors (Lipinski definition) is 6. The molecule has 0 aliphatic carbocycles. The highest BCUT2D eigenvalue weighted by molar-refractivity contribution is 6.05. The van der Waals surface area contributed by atoms with E-state index in [2.05, 4.69) is 15.6 Å². The van der Waals surface area contributed by atoms with E-state index in [1.165, 1.54) is 10.9 Å². The zero-order valence-corrected chi connectivity index (χ0v) is 17.2. The first-order chi connectivity index (χ1) is 14.4. The third-order valence-corrected chi connectivity index (χ3v) is 4.68. The third kappa shape index (κ3) is 4.55. The summed E-state index contributed by atoms with van der Waals surface area (Å²) >= 11 is 0. The Morgan fingerprint density at radius 3 is 2.50 bits per heavy atom. The summed E-state index contributed by atoms with van der Waals surface area (Å²) in [5, 5.41) is 18.2. The Kier molecular flexibility index (Phi) is 6.58. The molecule has 0 spiro atoms. The molecule has 8 nitrogen and oxygen atoms in total. The molecule has 8 heteroatoms. The van der Waals surface area contributed by atoms with Crippen LogP contribution >= 0.6 is 0 Å². The molecule has 0 atom stereocenters. The minimum absolute atomic E-state index is 0.0819. The summed E-state index contributed by atoms with van der Waals surface area (Å²) in [6, 6.07) is 14.3. The molecular weight excluding hydrogens is 382 g/mol. The van der Waals surface area contributed by atoms with Crippen molar-refractivity contribution in [1.29, 1.82) is 0 Å². The summed E-state index contributed by atoms with van der Waals surface area (Å²) in [5.74, 6) is -0.490. The summed E-state index contributed by atoms with van der Waals surface area (Å²) in [6.07, 6.45) is 1.54. The van der Waals surface area contributed by atoms with Crippen LogP contribution in [0.3, 0.4) is 0 Å². The van der Waals surface area contributed by atoms with Crippen LogP contribution in [0.25, 0.3) is 10.8 Å². The van der Waals surface area contributed by atoms with Crippen LogP contribution in [0, 0.1) is 0 Å². The molecule has 2 aromatic carbocycles. The highest BCUT2D eigenvalue weighted by Gasteiger charge is 2.17. The number of carbonyl (C=O) groups is 1. The fourth-order valence-electron chi connectivity index (χ4n) is 3.04. The molecule has 0 fully saturated rings. The van der Waals surface area contributed by atoms with E-state index in [4.69, 9.17) is 5.11 Å². The van der Waals surface area contributed by atoms with Gasteiger partial charge in [0, 0.05) is 24.7 Å². The van der Waals surface area contributed by atoms with Gasteiger partial charge in [0.05, 0.1) is 24.2 Å². The summed E-state index contributed by atoms with van der Waals surface area (Å²) in [7, 11) is 1.90. The van der Waals surface area contributed by atoms with Crippen molar-refractivity contribution in [1.82, 2.24) is 15.2 Å². The Labute approximate surface area is 174 Å². The number of nitrogens with zero attached hydrogens (tertiary/aromatic N) is 4. The van der Waals surface area contributed by atoms with Crippen molar-refractivity contribution in [2.24, 2.45) is 5.10 Å². The van der Waals surface area contributed by atoms with Gasteiger partial charge >= 0.3 is 0 Å². The van der Waals surface area contributed by atoms with Crippen LogP contribution in [0.2, 0.25) is 0 Å². The predicted molar refractivity (Wildman–Crippen MR) is 118 cm³/mol. The second kappa shape index (κ2) is 9.32. The predicted octanol–water partition coefficient (Wildman–Crippen LogP) is 2.17. The number of rotatable bonds is 7. The molecular formula is C22H25N5O3. The number of hydrogen-bond donors (Lipinski definition) is 2. The fraction of sp³-hybridized carbons (Fsp3) is 0.273. The lowest BCUT2D eigenvalue weighted by Crippen LogP contribution is -2.30. The molecule has 3 aromatic rings. The quantitative estimate of drug-likeness (QED) is 0.462. The Balaban J connectivity index is 1.80. The van der Waals surface area contributed by atoms with Crippen LogP contribution in [-0.2, 0) is 0 Å². The smallest absolute Gasteiger partial charge is 0.292 e. The van der Waals surface area contributed by atoms with Gasteiger partial charge in [0.2, 0.25) is 0 Å². The first-order valence-corrected chi connectivity index (χ1v) is 9.69. The molecule has 0 radical (unpaired) electrons. The molecule has 3 rings (SSSR count). The first-order valence-electron chi connectivity index (χ1n) is 9.69. The fourth-order valence-corrected chi connectivity index (χ4v) is 3.04. The minimum atomic E-state index is -0.490. The van der Waals surface area contributed by atoms with Gasteiger partial charge < -0.3 is 10.0 Å². The molecule has 0 unspecified atom stereocenters. The molecule has 156 valence electrons. The van der Waals surface area contributed by atoms with Crippen LogP contribution in [-0.4, -0.2) is 47.2 Å². The van der Waals surface area contributed by atoms with E-state index in [1.54, 1.807) is 24.3 Å². The van der Waals surface area contributed by atoms with Gasteiger partial charge in [-0.3, -0.25) is 9.59 Å². The van der Waals surface area contributed by atoms with Crippen molar-refractivity contribution in [3.8, 4) is 0 Å². The van der Waals surface area contributed by atoms with Crippen LogP contribution in [0.1, 0.15) is 35.9 Å². The number of hydrazone groups is 1. The first kappa shape index (κ1) is 21.2. The molecule has 1 heterocycles. The van der Waals surface area contributed by atoms with Gasteiger partial charge in [0.25, 0.3) is 11.5 Å². The average Bonchev–Trinajstić information content (AvgIpc) is 2.74. The van der Waals surface area contributed by atoms with Crippen molar-refractivity contribution in [3.05, 3.63) is 70.1 Å². The molecule has 0 aliphatic rings. The normalized spacial score (nSPS) is 11.4. The number of nitrogens with one attached hydrogen (secondary N) is 1. The summed E-state index contributed by atoms with van der Waals surface area (Å²) in [6.45, 7) is 4.30. The maximum atomic E-state index is 12.7. The van der Waals surface area contributed by atoms with Gasteiger partial charge in [0.15, 0.2) is 5.69 Å². The van der Waals surface area contributed by atoms with E-state index in [0.29, 0.717) is 17.3 Å². The number of fused-ring (bicyclic) bond motifs is 1. The monoisotopic (exact) mass is 407 g/mol. The van der Waals surface area contributed by atoms with Gasteiger partial charge in [-0.1, -0.05) is 30.3 Å². The number of likely N-dealkylation sites (N-methyl/N-ethyl adjacent to an activating group) is 1. The maximum absolute atomic E-state index is 12.7. The average molecular weight is 407 g/mol. The number of aliphatic hydroxyl groups is 1. The van der Waals surface area contributed by atoms with E-state index in [1.807, 2.05) is 50.1 Å². The third-order valence-electron chi connectivity index (χ3n) is 4.68. The summed E-state index contributed by atoms with van der Waals surface area (Å²) < 4.78 is 1.31. The largest absolute Gasteiger partial charge is 0.395 e. The van der Waals surface area contributed by atoms with E-state index in [9.17, 15) is 9.59 Å². The molecule has 0 saturated carbocycles. The van der Waals surface area contributed by atoms with E-state index >= 15 is 0 Å². The number of anilines is 1. The van der Waals surface area contributed by atoms with E-state index in [0.717, 1.165) is 11.3 Å². The molecule has 30 heavy (non-hydrogen) atoms. The highest BCUT2D eigenvalue weighted by Crippen LogP contribution is 2.15. The van der Waals surface area contributed by atoms with Gasteiger partial charge in [0.1, 0.15) is 0 Å². The van der Waals surface area contributed by atoms with Crippen LogP contribution < -0.4 is 15.9 Å². The van der Waals surface area contributed by atoms with Crippen LogP contribution in [0.5, 0.6) is 0 Å². The van der Waals surface area contributed by atoms with Crippen molar-refractivity contribution in [2.45, 2.75) is 19.9 Å². The standard InChI is InChI=1S/C22H25N5O3/c1-15(2)27-22(30)19-7-5-4-6-18(19)20(25-27)21(29)24-23-14-16-8-10-17(11-9-16)26(3)12-13-28/h4-11,14-15,28H,12-13H2,1-3H3,(H,24,29)/b23-14-. The van der Waals surface area contributed by atoms with Crippen molar-refractivity contribution >= 4 is 28.6 Å². The van der Waals surface area contributed by atoms with E-state index in [-0.39, 0.29) is 23.9 Å². The minimum Gasteiger partial charge on any atom is -0.395 e. The van der Waals surface area contributed by atoms with Crippen LogP contribution in [0.15, 0.2) is 58.4 Å². The number of carbonyl (C=O) groups excluding carboxylic acids is 1. The van der Waals surface area contributed by atoms with Crippen molar-refractivity contribution in [3.63, 3.8) is 0 Å². The molecule has 2 N–H and O–H groups in total. The lowest BCUT2D eigenvalue weighted by atomic mass is 10.1. The van der Waals surface area contributed by atoms with Crippen molar-refractivity contribution in [2.75, 3.05) is 25.1 Å².